The summed E-state index contributed by atoms with van der Waals surface area (Å²) in [5, 5.41) is 1.96. The maximum absolute atomic E-state index is 13.4. The average Bonchev–Trinajstić information content (AvgIpc) is 3.24. The van der Waals surface area contributed by atoms with Crippen molar-refractivity contribution in [3.63, 3.8) is 0 Å². The summed E-state index contributed by atoms with van der Waals surface area (Å²) in [6.45, 7) is 15.5. The first-order chi connectivity index (χ1) is 17.2. The zero-order valence-corrected chi connectivity index (χ0v) is 24.1. The van der Waals surface area contributed by atoms with Gasteiger partial charge in [0.25, 0.3) is 14.2 Å². The molecule has 2 aromatic rings. The fourth-order valence-electron chi connectivity index (χ4n) is 5.39. The second-order valence-electron chi connectivity index (χ2n) is 12.3. The topological polar surface area (TPSA) is 74.3 Å². The molecule has 0 unspecified atom stereocenters. The largest absolute Gasteiger partial charge is 0.443 e. The number of carbonyl (C=O) groups is 2. The van der Waals surface area contributed by atoms with E-state index in [1.54, 1.807) is 34.6 Å². The van der Waals surface area contributed by atoms with Crippen LogP contribution in [-0.4, -0.2) is 61.5 Å². The fraction of sp³-hybridized carbons (Fsp3) is 0.517. The number of ether oxygens (including phenoxy) is 3. The number of likely N-dealkylation sites (tertiary alicyclic amines) is 1. The van der Waals surface area contributed by atoms with Crippen LogP contribution >= 0.6 is 0 Å². The van der Waals surface area contributed by atoms with Gasteiger partial charge in [0.15, 0.2) is 11.9 Å². The molecule has 0 radical (unpaired) electrons. The molecule has 0 bridgehead atoms. The molecule has 7 nitrogen and oxygen atoms in total. The van der Waals surface area contributed by atoms with Gasteiger partial charge in [-0.3, -0.25) is 4.79 Å². The molecule has 2 aliphatic rings. The van der Waals surface area contributed by atoms with Crippen LogP contribution in [0.4, 0.5) is 4.79 Å². The van der Waals surface area contributed by atoms with E-state index < -0.39 is 50.0 Å². The summed E-state index contributed by atoms with van der Waals surface area (Å²) in [5.41, 5.74) is -0.764. The van der Waals surface area contributed by atoms with Gasteiger partial charge in [-0.05, 0) is 50.0 Å². The first-order valence-corrected chi connectivity index (χ1v) is 14.7. The van der Waals surface area contributed by atoms with Crippen LogP contribution in [0.1, 0.15) is 55.4 Å². The Morgan fingerprint density at radius 1 is 0.919 bits per heavy atom. The number of nitrogens with zero attached hydrogens (tertiary/aromatic N) is 1. The summed E-state index contributed by atoms with van der Waals surface area (Å²) in [6.07, 6.45) is -2.27. The number of benzene rings is 2. The maximum Gasteiger partial charge on any atom is 0.417 e. The molecule has 200 valence electrons. The predicted octanol–water partition coefficient (Wildman–Crippen LogP) is 4.23. The van der Waals surface area contributed by atoms with Crippen LogP contribution < -0.4 is 10.4 Å². The van der Waals surface area contributed by atoms with E-state index in [-0.39, 0.29) is 11.6 Å². The molecule has 0 aliphatic carbocycles. The number of rotatable bonds is 5. The Morgan fingerprint density at radius 3 is 1.89 bits per heavy atom. The van der Waals surface area contributed by atoms with Crippen LogP contribution in [-0.2, 0) is 23.4 Å². The molecule has 2 aromatic carbocycles. The summed E-state index contributed by atoms with van der Waals surface area (Å²) in [7, 11) is -2.92. The lowest BCUT2D eigenvalue weighted by atomic mass is 10.1. The Balaban J connectivity index is 1.77. The summed E-state index contributed by atoms with van der Waals surface area (Å²) in [5.74, 6) is -1.40. The Hall–Kier alpha value is -2.52. The Bertz CT molecular complexity index is 1080. The molecule has 0 spiro atoms. The van der Waals surface area contributed by atoms with Gasteiger partial charge in [0.05, 0.1) is 12.6 Å². The molecule has 2 aliphatic heterocycles. The van der Waals surface area contributed by atoms with Crippen molar-refractivity contribution in [2.45, 2.75) is 90.1 Å². The first-order valence-electron chi connectivity index (χ1n) is 12.8. The smallest absolute Gasteiger partial charge is 0.417 e. The van der Waals surface area contributed by atoms with Crippen LogP contribution in [0.3, 0.4) is 0 Å². The van der Waals surface area contributed by atoms with Crippen molar-refractivity contribution in [2.75, 3.05) is 6.61 Å². The number of hydrogen-bond donors (Lipinski definition) is 0. The van der Waals surface area contributed by atoms with Crippen molar-refractivity contribution in [1.82, 2.24) is 4.90 Å². The summed E-state index contributed by atoms with van der Waals surface area (Å²) < 4.78 is 24.8. The Morgan fingerprint density at radius 2 is 1.43 bits per heavy atom. The monoisotopic (exact) mass is 525 g/mol. The van der Waals surface area contributed by atoms with E-state index in [2.05, 4.69) is 45.0 Å². The van der Waals surface area contributed by atoms with Gasteiger partial charge in [0.1, 0.15) is 11.7 Å². The molecule has 0 N–H and O–H groups in total. The Kier molecular flexibility index (Phi) is 7.18. The molecule has 37 heavy (non-hydrogen) atoms. The number of hydrogen-bond acceptors (Lipinski definition) is 6. The molecule has 8 heteroatoms. The minimum absolute atomic E-state index is 0.0961. The van der Waals surface area contributed by atoms with E-state index in [1.165, 1.54) is 0 Å². The normalized spacial score (nSPS) is 23.7. The lowest BCUT2D eigenvalue weighted by Crippen LogP contribution is -2.67. The van der Waals surface area contributed by atoms with Crippen LogP contribution in [0.2, 0.25) is 5.04 Å². The predicted molar refractivity (Wildman–Crippen MR) is 144 cm³/mol. The van der Waals surface area contributed by atoms with E-state index in [0.717, 1.165) is 15.3 Å². The highest BCUT2D eigenvalue weighted by Crippen LogP contribution is 2.41. The fourth-order valence-corrected chi connectivity index (χ4v) is 9.96. The molecule has 0 aromatic heterocycles. The van der Waals surface area contributed by atoms with E-state index >= 15 is 0 Å². The third-order valence-corrected chi connectivity index (χ3v) is 11.8. The lowest BCUT2D eigenvalue weighted by molar-refractivity contribution is -0.172. The number of carbonyl (C=O) groups excluding carboxylic acids is 2. The highest BCUT2D eigenvalue weighted by Gasteiger charge is 2.61. The number of amides is 2. The number of fused-ring (bicyclic) bond motifs is 1. The average molecular weight is 526 g/mol. The van der Waals surface area contributed by atoms with Gasteiger partial charge in [0, 0.05) is 0 Å². The zero-order chi connectivity index (χ0) is 27.2. The first kappa shape index (κ1) is 27.5. The van der Waals surface area contributed by atoms with Gasteiger partial charge >= 0.3 is 6.09 Å². The van der Waals surface area contributed by atoms with Crippen molar-refractivity contribution < 1.29 is 28.2 Å². The molecule has 2 heterocycles. The van der Waals surface area contributed by atoms with Crippen molar-refractivity contribution in [2.24, 2.45) is 0 Å². The SMILES string of the molecule is CC(C)(C)OC(=O)N1C(=O)[C@@H]2OC(C)(C)O[C@@H]2[C@H]1CO[Si](c1ccccc1)(c1ccccc1)C(C)(C)C. The second-order valence-corrected chi connectivity index (χ2v) is 16.6. The van der Waals surface area contributed by atoms with Crippen molar-refractivity contribution in [1.29, 1.82) is 0 Å². The summed E-state index contributed by atoms with van der Waals surface area (Å²) >= 11 is 0. The Labute approximate surface area is 221 Å². The molecule has 2 saturated heterocycles. The van der Waals surface area contributed by atoms with Gasteiger partial charge in [-0.2, -0.15) is 0 Å². The molecular formula is C29H39NO6Si. The van der Waals surface area contributed by atoms with Gasteiger partial charge in [0.2, 0.25) is 0 Å². The van der Waals surface area contributed by atoms with Crippen LogP contribution in [0.25, 0.3) is 0 Å². The van der Waals surface area contributed by atoms with Gasteiger partial charge in [-0.25, -0.2) is 9.69 Å². The number of imide groups is 1. The molecule has 2 fully saturated rings. The third kappa shape index (κ3) is 5.25. The summed E-state index contributed by atoms with van der Waals surface area (Å²) in [4.78, 5) is 27.9. The van der Waals surface area contributed by atoms with Crippen molar-refractivity contribution >= 4 is 30.7 Å². The van der Waals surface area contributed by atoms with E-state index in [0.29, 0.717) is 0 Å². The molecule has 0 saturated carbocycles. The van der Waals surface area contributed by atoms with Crippen LogP contribution in [0.5, 0.6) is 0 Å². The van der Waals surface area contributed by atoms with E-state index in [4.69, 9.17) is 18.6 Å². The minimum atomic E-state index is -2.92. The molecule has 2 amide bonds. The van der Waals surface area contributed by atoms with Crippen LogP contribution in [0, 0.1) is 0 Å². The third-order valence-electron chi connectivity index (χ3n) is 6.80. The van der Waals surface area contributed by atoms with Crippen LogP contribution in [0.15, 0.2) is 60.7 Å². The standard InChI is InChI=1S/C29H39NO6Si/c1-27(2,3)36-26(32)30-22(23-24(25(30)31)35-29(7,8)34-23)19-33-37(28(4,5)6,20-15-11-9-12-16-20)21-17-13-10-14-18-21/h9-18,22-24H,19H2,1-8H3/t22-,23-,24-/m1/s1. The van der Waals surface area contributed by atoms with Gasteiger partial charge in [-0.15, -0.1) is 0 Å². The van der Waals surface area contributed by atoms with Gasteiger partial charge < -0.3 is 18.6 Å². The van der Waals surface area contributed by atoms with E-state index in [1.807, 2.05) is 36.4 Å². The molecule has 4 rings (SSSR count). The lowest BCUT2D eigenvalue weighted by Gasteiger charge is -2.44. The summed E-state index contributed by atoms with van der Waals surface area (Å²) in [6, 6.07) is 19.8. The maximum atomic E-state index is 13.4. The van der Waals surface area contributed by atoms with Gasteiger partial charge in [-0.1, -0.05) is 81.4 Å². The zero-order valence-electron chi connectivity index (χ0n) is 23.1. The highest BCUT2D eigenvalue weighted by molar-refractivity contribution is 6.99. The highest BCUT2D eigenvalue weighted by atomic mass is 28.4. The second kappa shape index (κ2) is 9.65. The quantitative estimate of drug-likeness (QED) is 0.544. The van der Waals surface area contributed by atoms with E-state index in [9.17, 15) is 9.59 Å². The minimum Gasteiger partial charge on any atom is -0.443 e. The van der Waals surface area contributed by atoms with Crippen molar-refractivity contribution in [3.8, 4) is 0 Å². The molecular weight excluding hydrogens is 486 g/mol. The van der Waals surface area contributed by atoms with Crippen molar-refractivity contribution in [3.05, 3.63) is 60.7 Å². The molecule has 3 atom stereocenters.